The van der Waals surface area contributed by atoms with Gasteiger partial charge in [0.05, 0.1) is 18.3 Å². The maximum atomic E-state index is 12.4. The molecular weight excluding hydrogens is 362 g/mol. The molecular formula is C21H19NO6. The van der Waals surface area contributed by atoms with Crippen LogP contribution in [0.15, 0.2) is 45.6 Å². The monoisotopic (exact) mass is 381 g/mol. The number of ether oxygens (including phenoxy) is 1. The van der Waals surface area contributed by atoms with Crippen molar-refractivity contribution in [1.29, 1.82) is 0 Å². The van der Waals surface area contributed by atoms with Gasteiger partial charge in [-0.3, -0.25) is 19.3 Å². The zero-order valence-corrected chi connectivity index (χ0v) is 15.3. The third-order valence-electron chi connectivity index (χ3n) is 5.29. The number of likely N-dealkylation sites (tertiary alicyclic amines) is 1. The van der Waals surface area contributed by atoms with E-state index in [1.165, 1.54) is 17.0 Å². The van der Waals surface area contributed by atoms with Crippen LogP contribution >= 0.6 is 0 Å². The summed E-state index contributed by atoms with van der Waals surface area (Å²) >= 11 is 0. The zero-order valence-electron chi connectivity index (χ0n) is 15.3. The lowest BCUT2D eigenvalue weighted by Crippen LogP contribution is -2.33. The lowest BCUT2D eigenvalue weighted by molar-refractivity contribution is -0.141. The van der Waals surface area contributed by atoms with Crippen molar-refractivity contribution in [1.82, 2.24) is 4.90 Å². The van der Waals surface area contributed by atoms with Gasteiger partial charge in [0.1, 0.15) is 11.3 Å². The molecule has 0 saturated carbocycles. The molecule has 2 aromatic rings. The van der Waals surface area contributed by atoms with E-state index >= 15 is 0 Å². The minimum atomic E-state index is -0.567. The highest BCUT2D eigenvalue weighted by Crippen LogP contribution is 2.35. The maximum absolute atomic E-state index is 12.4. The molecule has 1 aliphatic heterocycles. The Balaban J connectivity index is 1.41. The molecule has 28 heavy (non-hydrogen) atoms. The number of esters is 1. The summed E-state index contributed by atoms with van der Waals surface area (Å²) < 4.78 is 10.4. The molecule has 0 N–H and O–H groups in total. The number of hydrogen-bond acceptors (Lipinski definition) is 6. The summed E-state index contributed by atoms with van der Waals surface area (Å²) in [6.07, 6.45) is 4.88. The van der Waals surface area contributed by atoms with Crippen LogP contribution in [0.5, 0.6) is 5.75 Å². The van der Waals surface area contributed by atoms with E-state index in [-0.39, 0.29) is 42.4 Å². The molecule has 0 bridgehead atoms. The van der Waals surface area contributed by atoms with Crippen LogP contribution in [0.2, 0.25) is 0 Å². The lowest BCUT2D eigenvalue weighted by Gasteiger charge is -2.14. The van der Waals surface area contributed by atoms with Gasteiger partial charge in [0.15, 0.2) is 0 Å². The molecule has 7 nitrogen and oxygen atoms in total. The Morgan fingerprint density at radius 1 is 1.11 bits per heavy atom. The first-order chi connectivity index (χ1) is 13.4. The Bertz CT molecular complexity index is 1040. The Morgan fingerprint density at radius 2 is 1.79 bits per heavy atom. The van der Waals surface area contributed by atoms with Gasteiger partial charge < -0.3 is 9.15 Å². The molecule has 0 spiro atoms. The van der Waals surface area contributed by atoms with Crippen LogP contribution in [-0.2, 0) is 14.4 Å². The predicted molar refractivity (Wildman–Crippen MR) is 99.5 cm³/mol. The van der Waals surface area contributed by atoms with Crippen LogP contribution in [0.1, 0.15) is 24.8 Å². The van der Waals surface area contributed by atoms with E-state index in [0.717, 1.165) is 10.9 Å². The van der Waals surface area contributed by atoms with Gasteiger partial charge in [0.2, 0.25) is 11.8 Å². The van der Waals surface area contributed by atoms with Crippen molar-refractivity contribution in [2.45, 2.75) is 26.2 Å². The number of aryl methyl sites for hydroxylation is 1. The normalized spacial score (nSPS) is 21.2. The number of allylic oxidation sites excluding steroid dienone is 2. The number of nitrogens with zero attached hydrogens (tertiary/aromatic N) is 1. The highest BCUT2D eigenvalue weighted by Gasteiger charge is 2.46. The first-order valence-corrected chi connectivity index (χ1v) is 9.19. The van der Waals surface area contributed by atoms with Crippen LogP contribution in [0, 0.1) is 18.8 Å². The molecule has 2 heterocycles. The van der Waals surface area contributed by atoms with Gasteiger partial charge in [0.25, 0.3) is 0 Å². The SMILES string of the molecule is Cc1cc(=O)oc2cc(OC(=O)CCN3C(=O)[C@H]4CC=CC[C@@H]4C3=O)ccc12. The molecule has 2 atom stereocenters. The Labute approximate surface area is 160 Å². The minimum absolute atomic E-state index is 0.00523. The Kier molecular flexibility index (Phi) is 4.58. The molecule has 2 aliphatic rings. The van der Waals surface area contributed by atoms with Crippen LogP contribution in [0.25, 0.3) is 11.0 Å². The summed E-state index contributed by atoms with van der Waals surface area (Å²) in [6.45, 7) is 1.80. The summed E-state index contributed by atoms with van der Waals surface area (Å²) in [5, 5.41) is 0.754. The predicted octanol–water partition coefficient (Wildman–Crippen LogP) is 2.35. The number of carbonyl (C=O) groups excluding carboxylic acids is 3. The molecule has 1 saturated heterocycles. The van der Waals surface area contributed by atoms with Crippen molar-refractivity contribution in [3.63, 3.8) is 0 Å². The van der Waals surface area contributed by atoms with Crippen molar-refractivity contribution in [2.24, 2.45) is 11.8 Å². The molecule has 0 unspecified atom stereocenters. The van der Waals surface area contributed by atoms with Crippen LogP contribution in [-0.4, -0.2) is 29.2 Å². The number of fused-ring (bicyclic) bond motifs is 2. The van der Waals surface area contributed by atoms with Crippen LogP contribution in [0.4, 0.5) is 0 Å². The fraction of sp³-hybridized carbons (Fsp3) is 0.333. The molecule has 1 aliphatic carbocycles. The number of carbonyl (C=O) groups is 3. The van der Waals surface area contributed by atoms with Crippen molar-refractivity contribution in [2.75, 3.05) is 6.54 Å². The maximum Gasteiger partial charge on any atom is 0.336 e. The van der Waals surface area contributed by atoms with Gasteiger partial charge >= 0.3 is 11.6 Å². The van der Waals surface area contributed by atoms with E-state index in [2.05, 4.69) is 0 Å². The van der Waals surface area contributed by atoms with E-state index in [9.17, 15) is 19.2 Å². The summed E-state index contributed by atoms with van der Waals surface area (Å²) in [7, 11) is 0. The van der Waals surface area contributed by atoms with E-state index in [1.54, 1.807) is 19.1 Å². The molecule has 4 rings (SSSR count). The fourth-order valence-electron chi connectivity index (χ4n) is 3.84. The topological polar surface area (TPSA) is 93.9 Å². The third-order valence-corrected chi connectivity index (χ3v) is 5.29. The average molecular weight is 381 g/mol. The van der Waals surface area contributed by atoms with Crippen LogP contribution in [0.3, 0.4) is 0 Å². The van der Waals surface area contributed by atoms with Crippen LogP contribution < -0.4 is 10.4 Å². The quantitative estimate of drug-likeness (QED) is 0.265. The minimum Gasteiger partial charge on any atom is -0.426 e. The average Bonchev–Trinajstić information content (AvgIpc) is 2.90. The number of benzene rings is 1. The lowest BCUT2D eigenvalue weighted by atomic mass is 9.85. The van der Waals surface area contributed by atoms with Gasteiger partial charge in [-0.25, -0.2) is 4.79 Å². The van der Waals surface area contributed by atoms with E-state index in [0.29, 0.717) is 18.4 Å². The summed E-state index contributed by atoms with van der Waals surface area (Å²) in [6, 6.07) is 6.19. The molecule has 7 heteroatoms. The number of amides is 2. The van der Waals surface area contributed by atoms with Crippen molar-refractivity contribution in [3.05, 3.63) is 52.4 Å². The van der Waals surface area contributed by atoms with Gasteiger partial charge in [0, 0.05) is 24.1 Å². The van der Waals surface area contributed by atoms with Gasteiger partial charge in [-0.1, -0.05) is 12.2 Å². The van der Waals surface area contributed by atoms with E-state index in [4.69, 9.17) is 9.15 Å². The first kappa shape index (κ1) is 18.2. The van der Waals surface area contributed by atoms with Gasteiger partial charge in [-0.15, -0.1) is 0 Å². The van der Waals surface area contributed by atoms with E-state index < -0.39 is 11.6 Å². The smallest absolute Gasteiger partial charge is 0.336 e. The largest absolute Gasteiger partial charge is 0.426 e. The zero-order chi connectivity index (χ0) is 19.8. The van der Waals surface area contributed by atoms with E-state index in [1.807, 2.05) is 12.2 Å². The Hall–Kier alpha value is -3.22. The van der Waals surface area contributed by atoms with Crippen molar-refractivity contribution in [3.8, 4) is 5.75 Å². The fourth-order valence-corrected chi connectivity index (χ4v) is 3.84. The van der Waals surface area contributed by atoms with Gasteiger partial charge in [-0.05, 0) is 37.5 Å². The molecule has 144 valence electrons. The number of hydrogen-bond donors (Lipinski definition) is 0. The summed E-state index contributed by atoms with van der Waals surface area (Å²) in [5.74, 6) is -1.36. The second kappa shape index (κ2) is 7.07. The first-order valence-electron chi connectivity index (χ1n) is 9.19. The highest BCUT2D eigenvalue weighted by molar-refractivity contribution is 6.05. The molecule has 0 radical (unpaired) electrons. The second-order valence-electron chi connectivity index (χ2n) is 7.11. The number of rotatable bonds is 4. The summed E-state index contributed by atoms with van der Waals surface area (Å²) in [5.41, 5.74) is 0.624. The van der Waals surface area contributed by atoms with Gasteiger partial charge in [-0.2, -0.15) is 0 Å². The highest BCUT2D eigenvalue weighted by atomic mass is 16.5. The molecule has 1 aromatic heterocycles. The molecule has 2 amide bonds. The van der Waals surface area contributed by atoms with Crippen molar-refractivity contribution < 1.29 is 23.5 Å². The third kappa shape index (κ3) is 3.24. The second-order valence-corrected chi connectivity index (χ2v) is 7.11. The Morgan fingerprint density at radius 3 is 2.46 bits per heavy atom. The molecule has 1 aromatic carbocycles. The van der Waals surface area contributed by atoms with Crippen molar-refractivity contribution >= 4 is 28.8 Å². The number of imide groups is 1. The summed E-state index contributed by atoms with van der Waals surface area (Å²) in [4.78, 5) is 49.7. The molecule has 1 fully saturated rings. The standard InChI is InChI=1S/C21H19NO6/c1-12-10-19(24)28-17-11-13(6-7-14(12)17)27-18(23)8-9-22-20(25)15-4-2-3-5-16(15)21(22)26/h2-3,6-7,10-11,15-16H,4-5,8-9H2,1H3/t15-,16-/m0/s1.